The lowest BCUT2D eigenvalue weighted by atomic mass is 10.2. The van der Waals surface area contributed by atoms with E-state index in [1.807, 2.05) is 4.98 Å². The van der Waals surface area contributed by atoms with Crippen LogP contribution < -0.4 is 17.0 Å². The van der Waals surface area contributed by atoms with Crippen LogP contribution in [-0.2, 0) is 0 Å². The third-order valence-electron chi connectivity index (χ3n) is 2.10. The summed E-state index contributed by atoms with van der Waals surface area (Å²) in [6, 6.07) is 3.44. The fraction of sp³-hybridized carbons (Fsp3) is 0. The highest BCUT2D eigenvalue weighted by Crippen LogP contribution is 2.17. The molecule has 0 aliphatic heterocycles. The summed E-state index contributed by atoms with van der Waals surface area (Å²) in [4.78, 5) is 35.9. The highest BCUT2D eigenvalue weighted by molar-refractivity contribution is 6.35. The summed E-state index contributed by atoms with van der Waals surface area (Å²) >= 11 is 5.80. The van der Waals surface area contributed by atoms with Gasteiger partial charge in [-0.15, -0.1) is 0 Å². The number of hydrogen-bond acceptors (Lipinski definition) is 3. The molecule has 0 aliphatic carbocycles. The summed E-state index contributed by atoms with van der Waals surface area (Å²) in [5.41, 5.74) is 3.60. The molecule has 0 saturated heterocycles. The summed E-state index contributed by atoms with van der Waals surface area (Å²) < 4.78 is 0.655. The number of nitrogens with zero attached hydrogens (tertiary/aromatic N) is 1. The van der Waals surface area contributed by atoms with Crippen LogP contribution in [0, 0.1) is 0 Å². The minimum atomic E-state index is -0.978. The number of carbonyl (C=O) groups is 1. The van der Waals surface area contributed by atoms with Gasteiger partial charge in [-0.25, -0.2) is 14.2 Å². The second-order valence-electron chi connectivity index (χ2n) is 3.07. The van der Waals surface area contributed by atoms with E-state index in [-0.39, 0.29) is 15.9 Å². The van der Waals surface area contributed by atoms with Crippen molar-refractivity contribution >= 4 is 28.5 Å². The number of hydrogen-bond donors (Lipinski definition) is 2. The highest BCUT2D eigenvalue weighted by atomic mass is 35.5. The molecule has 0 unspecified atom stereocenters. The number of halogens is 1. The quantitative estimate of drug-likeness (QED) is 0.690. The lowest BCUT2D eigenvalue weighted by Gasteiger charge is -2.05. The Balaban J connectivity index is 3.15. The maximum absolute atomic E-state index is 11.5. The highest BCUT2D eigenvalue weighted by Gasteiger charge is 2.12. The van der Waals surface area contributed by atoms with Crippen molar-refractivity contribution in [3.63, 3.8) is 0 Å². The molecule has 0 aliphatic rings. The van der Waals surface area contributed by atoms with Crippen LogP contribution in [0.5, 0.6) is 0 Å². The fourth-order valence-corrected chi connectivity index (χ4v) is 1.72. The van der Waals surface area contributed by atoms with Gasteiger partial charge in [0, 0.05) is 0 Å². The Labute approximate surface area is 93.3 Å². The van der Waals surface area contributed by atoms with Crippen molar-refractivity contribution < 1.29 is 4.79 Å². The Bertz CT molecular complexity index is 701. The van der Waals surface area contributed by atoms with E-state index >= 15 is 0 Å². The minimum Gasteiger partial charge on any atom is -0.351 e. The predicted octanol–water partition coefficient (Wildman–Crippen LogP) is 0.270. The summed E-state index contributed by atoms with van der Waals surface area (Å²) in [6.45, 7) is 0. The first kappa shape index (κ1) is 10.4. The molecule has 1 aromatic carbocycles. The van der Waals surface area contributed by atoms with Gasteiger partial charge in [0.1, 0.15) is 0 Å². The third kappa shape index (κ3) is 1.40. The van der Waals surface area contributed by atoms with Gasteiger partial charge in [0.2, 0.25) is 0 Å². The zero-order chi connectivity index (χ0) is 11.9. The van der Waals surface area contributed by atoms with Crippen LogP contribution in [0.2, 0.25) is 5.02 Å². The van der Waals surface area contributed by atoms with Gasteiger partial charge in [0.05, 0.1) is 15.9 Å². The van der Waals surface area contributed by atoms with Crippen molar-refractivity contribution in [2.75, 3.05) is 0 Å². The molecule has 1 aromatic heterocycles. The van der Waals surface area contributed by atoms with Crippen LogP contribution in [-0.4, -0.2) is 15.6 Å². The van der Waals surface area contributed by atoms with Gasteiger partial charge in [0.15, 0.2) is 0 Å². The maximum atomic E-state index is 11.5. The van der Waals surface area contributed by atoms with Gasteiger partial charge >= 0.3 is 11.7 Å². The monoisotopic (exact) mass is 239 g/mol. The van der Waals surface area contributed by atoms with E-state index in [2.05, 4.69) is 0 Å². The van der Waals surface area contributed by atoms with Crippen LogP contribution in [0.1, 0.15) is 0 Å². The molecule has 2 aromatic rings. The second-order valence-corrected chi connectivity index (χ2v) is 3.47. The number of rotatable bonds is 0. The number of H-pyrrole nitrogens is 1. The molecule has 0 spiro atoms. The predicted molar refractivity (Wildman–Crippen MR) is 58.8 cm³/mol. The Kier molecular flexibility index (Phi) is 2.28. The Hall–Kier alpha value is -2.08. The molecular weight excluding hydrogens is 234 g/mol. The zero-order valence-corrected chi connectivity index (χ0v) is 8.62. The summed E-state index contributed by atoms with van der Waals surface area (Å²) in [5.74, 6) is 0. The van der Waals surface area contributed by atoms with Gasteiger partial charge in [-0.1, -0.05) is 17.7 Å². The van der Waals surface area contributed by atoms with E-state index in [1.165, 1.54) is 18.2 Å². The fourth-order valence-electron chi connectivity index (χ4n) is 1.47. The lowest BCUT2D eigenvalue weighted by molar-refractivity contribution is 0.250. The normalized spacial score (nSPS) is 10.6. The first-order chi connectivity index (χ1) is 7.52. The molecule has 0 fully saturated rings. The number of nitrogens with one attached hydrogen (secondary N) is 1. The van der Waals surface area contributed by atoms with Gasteiger partial charge in [-0.3, -0.25) is 9.78 Å². The average molecular weight is 240 g/mol. The first-order valence-electron chi connectivity index (χ1n) is 4.25. The topological polar surface area (TPSA) is 97.9 Å². The van der Waals surface area contributed by atoms with Crippen molar-refractivity contribution in [3.05, 3.63) is 44.1 Å². The third-order valence-corrected chi connectivity index (χ3v) is 2.42. The van der Waals surface area contributed by atoms with Crippen LogP contribution in [0.15, 0.2) is 27.8 Å². The molecule has 6 nitrogen and oxygen atoms in total. The molecule has 0 saturated carbocycles. The van der Waals surface area contributed by atoms with E-state index in [4.69, 9.17) is 17.3 Å². The number of aromatic amines is 1. The average Bonchev–Trinajstić information content (AvgIpc) is 2.15. The maximum Gasteiger partial charge on any atom is 0.337 e. The van der Waals surface area contributed by atoms with Gasteiger partial charge < -0.3 is 5.73 Å². The number of benzene rings is 1. The Morgan fingerprint density at radius 1 is 1.38 bits per heavy atom. The SMILES string of the molecule is NC(=O)n1c(=O)[nH]c(=O)c2c(Cl)cccc21. The number of amides is 1. The van der Waals surface area contributed by atoms with E-state index in [9.17, 15) is 14.4 Å². The summed E-state index contributed by atoms with van der Waals surface area (Å²) in [7, 11) is 0. The van der Waals surface area contributed by atoms with Crippen LogP contribution in [0.25, 0.3) is 10.9 Å². The number of carbonyl (C=O) groups excluding carboxylic acids is 1. The smallest absolute Gasteiger partial charge is 0.337 e. The Morgan fingerprint density at radius 3 is 2.69 bits per heavy atom. The van der Waals surface area contributed by atoms with Gasteiger partial charge in [-0.2, -0.15) is 0 Å². The molecule has 3 N–H and O–H groups in total. The number of fused-ring (bicyclic) bond motifs is 1. The number of nitrogens with two attached hydrogens (primary N) is 1. The van der Waals surface area contributed by atoms with Crippen LogP contribution in [0.4, 0.5) is 4.79 Å². The zero-order valence-electron chi connectivity index (χ0n) is 7.86. The van der Waals surface area contributed by atoms with Crippen LogP contribution in [0.3, 0.4) is 0 Å². The van der Waals surface area contributed by atoms with Crippen LogP contribution >= 0.6 is 11.6 Å². The van der Waals surface area contributed by atoms with E-state index < -0.39 is 17.3 Å². The number of primary amides is 1. The second kappa shape index (κ2) is 3.49. The standard InChI is InChI=1S/C9H6ClN3O3/c10-4-2-1-3-5-6(4)7(14)12-9(16)13(5)8(11)15/h1-3H,(H2,11,15)(H,12,14,16). The largest absolute Gasteiger partial charge is 0.351 e. The molecule has 1 amide bonds. The Morgan fingerprint density at radius 2 is 2.06 bits per heavy atom. The molecule has 1 heterocycles. The molecule has 0 radical (unpaired) electrons. The van der Waals surface area contributed by atoms with Gasteiger partial charge in [0.25, 0.3) is 5.56 Å². The molecule has 16 heavy (non-hydrogen) atoms. The lowest BCUT2D eigenvalue weighted by Crippen LogP contribution is -2.37. The molecule has 82 valence electrons. The molecule has 0 atom stereocenters. The van der Waals surface area contributed by atoms with Gasteiger partial charge in [-0.05, 0) is 12.1 Å². The molecule has 2 rings (SSSR count). The van der Waals surface area contributed by atoms with Crippen molar-refractivity contribution in [2.45, 2.75) is 0 Å². The van der Waals surface area contributed by atoms with E-state index in [0.29, 0.717) is 4.57 Å². The summed E-state index contributed by atoms with van der Waals surface area (Å²) in [6.07, 6.45) is 0. The first-order valence-corrected chi connectivity index (χ1v) is 4.63. The van der Waals surface area contributed by atoms with E-state index in [0.717, 1.165) is 0 Å². The minimum absolute atomic E-state index is 0.0579. The molecule has 7 heteroatoms. The summed E-state index contributed by atoms with van der Waals surface area (Å²) in [5, 5.41) is 0.205. The van der Waals surface area contributed by atoms with Crippen molar-refractivity contribution in [1.29, 1.82) is 0 Å². The van der Waals surface area contributed by atoms with Crippen molar-refractivity contribution in [1.82, 2.24) is 9.55 Å². The van der Waals surface area contributed by atoms with Crippen molar-refractivity contribution in [2.24, 2.45) is 5.73 Å². The number of aromatic nitrogens is 2. The molecule has 0 bridgehead atoms. The van der Waals surface area contributed by atoms with Crippen molar-refractivity contribution in [3.8, 4) is 0 Å². The molecular formula is C9H6ClN3O3. The van der Waals surface area contributed by atoms with E-state index in [1.54, 1.807) is 0 Å².